The van der Waals surface area contributed by atoms with Crippen molar-refractivity contribution in [3.8, 4) is 0 Å². The van der Waals surface area contributed by atoms with Gasteiger partial charge in [0.05, 0.1) is 17.0 Å². The van der Waals surface area contributed by atoms with E-state index in [-0.39, 0.29) is 22.9 Å². The third-order valence-electron chi connectivity index (χ3n) is 3.47. The number of carbonyl (C=O) groups excluding carboxylic acids is 1. The predicted octanol–water partition coefficient (Wildman–Crippen LogP) is 0.550. The number of hydrogen-bond acceptors (Lipinski definition) is 4. The maximum Gasteiger partial charge on any atom is 0.251 e. The SMILES string of the molecule is Cc1ccc(S(N)(=O)=O)cc1C(=O)NC1CCOC1C. The number of benzene rings is 1. The number of primary sulfonamides is 1. The van der Waals surface area contributed by atoms with Gasteiger partial charge in [0.25, 0.3) is 5.91 Å². The van der Waals surface area contributed by atoms with Gasteiger partial charge in [0.15, 0.2) is 0 Å². The Morgan fingerprint density at radius 1 is 1.45 bits per heavy atom. The minimum absolute atomic E-state index is 0.0410. The Kier molecular flexibility index (Phi) is 4.12. The fraction of sp³-hybridized carbons (Fsp3) is 0.462. The molecule has 1 aliphatic rings. The number of ether oxygens (including phenoxy) is 1. The molecule has 6 nitrogen and oxygen atoms in total. The zero-order valence-corrected chi connectivity index (χ0v) is 12.2. The van der Waals surface area contributed by atoms with Gasteiger partial charge < -0.3 is 10.1 Å². The summed E-state index contributed by atoms with van der Waals surface area (Å²) < 4.78 is 28.1. The molecule has 1 fully saturated rings. The van der Waals surface area contributed by atoms with Crippen molar-refractivity contribution < 1.29 is 17.9 Å². The first-order chi connectivity index (χ1) is 9.29. The highest BCUT2D eigenvalue weighted by atomic mass is 32.2. The summed E-state index contributed by atoms with van der Waals surface area (Å²) in [4.78, 5) is 12.2. The summed E-state index contributed by atoms with van der Waals surface area (Å²) in [6.45, 7) is 4.25. The van der Waals surface area contributed by atoms with Crippen LogP contribution in [0.25, 0.3) is 0 Å². The van der Waals surface area contributed by atoms with Crippen LogP contribution in [0.1, 0.15) is 29.3 Å². The van der Waals surface area contributed by atoms with Crippen LogP contribution in [0.2, 0.25) is 0 Å². The van der Waals surface area contributed by atoms with Gasteiger partial charge in [-0.25, -0.2) is 13.6 Å². The van der Waals surface area contributed by atoms with Crippen molar-refractivity contribution in [3.05, 3.63) is 29.3 Å². The van der Waals surface area contributed by atoms with Crippen molar-refractivity contribution in [2.75, 3.05) is 6.61 Å². The summed E-state index contributed by atoms with van der Waals surface area (Å²) in [5.74, 6) is -0.310. The molecule has 20 heavy (non-hydrogen) atoms. The van der Waals surface area contributed by atoms with Gasteiger partial charge >= 0.3 is 0 Å². The third kappa shape index (κ3) is 3.17. The lowest BCUT2D eigenvalue weighted by Gasteiger charge is -2.17. The fourth-order valence-corrected chi connectivity index (χ4v) is 2.73. The third-order valence-corrected chi connectivity index (χ3v) is 4.39. The topological polar surface area (TPSA) is 98.5 Å². The first-order valence-corrected chi connectivity index (χ1v) is 7.89. The molecule has 0 aromatic heterocycles. The highest BCUT2D eigenvalue weighted by molar-refractivity contribution is 7.89. The second kappa shape index (κ2) is 5.51. The van der Waals surface area contributed by atoms with Crippen molar-refractivity contribution in [2.24, 2.45) is 5.14 Å². The lowest BCUT2D eigenvalue weighted by Crippen LogP contribution is -2.39. The van der Waals surface area contributed by atoms with E-state index in [0.29, 0.717) is 17.7 Å². The summed E-state index contributed by atoms with van der Waals surface area (Å²) in [7, 11) is -3.82. The van der Waals surface area contributed by atoms with Crippen molar-refractivity contribution in [3.63, 3.8) is 0 Å². The molecule has 1 aliphatic heterocycles. The second-order valence-corrected chi connectivity index (χ2v) is 6.53. The second-order valence-electron chi connectivity index (χ2n) is 4.97. The van der Waals surface area contributed by atoms with Crippen molar-refractivity contribution >= 4 is 15.9 Å². The molecule has 0 radical (unpaired) electrons. The summed E-state index contributed by atoms with van der Waals surface area (Å²) in [6, 6.07) is 4.21. The molecule has 7 heteroatoms. The Labute approximate surface area is 118 Å². The minimum Gasteiger partial charge on any atom is -0.376 e. The summed E-state index contributed by atoms with van der Waals surface area (Å²) >= 11 is 0. The molecule has 0 spiro atoms. The molecule has 0 bridgehead atoms. The van der Waals surface area contributed by atoms with Gasteiger partial charge in [0, 0.05) is 12.2 Å². The van der Waals surface area contributed by atoms with Gasteiger partial charge in [-0.05, 0) is 38.0 Å². The molecule has 2 rings (SSSR count). The van der Waals surface area contributed by atoms with Gasteiger partial charge in [-0.15, -0.1) is 0 Å². The van der Waals surface area contributed by atoms with Crippen LogP contribution in [-0.2, 0) is 14.8 Å². The minimum atomic E-state index is -3.82. The van der Waals surface area contributed by atoms with Crippen LogP contribution >= 0.6 is 0 Å². The number of nitrogens with one attached hydrogen (secondary N) is 1. The molecule has 110 valence electrons. The van der Waals surface area contributed by atoms with Gasteiger partial charge in [0.1, 0.15) is 0 Å². The van der Waals surface area contributed by atoms with Crippen molar-refractivity contribution in [1.29, 1.82) is 0 Å². The predicted molar refractivity (Wildman–Crippen MR) is 73.8 cm³/mol. The van der Waals surface area contributed by atoms with Gasteiger partial charge in [0.2, 0.25) is 10.0 Å². The molecule has 2 atom stereocenters. The first-order valence-electron chi connectivity index (χ1n) is 6.35. The Bertz CT molecular complexity index is 627. The van der Waals surface area contributed by atoms with Crippen LogP contribution in [-0.4, -0.2) is 33.1 Å². The highest BCUT2D eigenvalue weighted by Gasteiger charge is 2.26. The smallest absolute Gasteiger partial charge is 0.251 e. The average molecular weight is 298 g/mol. The number of amides is 1. The van der Waals surface area contributed by atoms with Crippen molar-refractivity contribution in [1.82, 2.24) is 5.32 Å². The van der Waals surface area contributed by atoms with Gasteiger partial charge in [-0.3, -0.25) is 4.79 Å². The molecule has 3 N–H and O–H groups in total. The number of sulfonamides is 1. The van der Waals surface area contributed by atoms with Crippen LogP contribution in [0.4, 0.5) is 0 Å². The maximum absolute atomic E-state index is 12.2. The van der Waals surface area contributed by atoms with E-state index in [0.717, 1.165) is 6.42 Å². The summed E-state index contributed by atoms with van der Waals surface area (Å²) in [5, 5.41) is 7.95. The van der Waals surface area contributed by atoms with E-state index in [1.807, 2.05) is 6.92 Å². The van der Waals surface area contributed by atoms with E-state index >= 15 is 0 Å². The molecule has 2 unspecified atom stereocenters. The Morgan fingerprint density at radius 3 is 2.70 bits per heavy atom. The largest absolute Gasteiger partial charge is 0.376 e. The Morgan fingerprint density at radius 2 is 2.15 bits per heavy atom. The lowest BCUT2D eigenvalue weighted by atomic mass is 10.1. The first kappa shape index (κ1) is 15.0. The van der Waals surface area contributed by atoms with E-state index in [9.17, 15) is 13.2 Å². The summed E-state index contributed by atoms with van der Waals surface area (Å²) in [6.07, 6.45) is 0.710. The Hall–Kier alpha value is -1.44. The summed E-state index contributed by atoms with van der Waals surface area (Å²) in [5.41, 5.74) is 1.01. The molecule has 0 aliphatic carbocycles. The zero-order valence-electron chi connectivity index (χ0n) is 11.4. The van der Waals surface area contributed by atoms with Crippen LogP contribution < -0.4 is 10.5 Å². The molecular weight excluding hydrogens is 280 g/mol. The van der Waals surface area contributed by atoms with E-state index in [1.165, 1.54) is 12.1 Å². The van der Waals surface area contributed by atoms with E-state index < -0.39 is 10.0 Å². The number of aryl methyl sites for hydroxylation is 1. The monoisotopic (exact) mass is 298 g/mol. The molecule has 1 aromatic rings. The molecule has 1 amide bonds. The maximum atomic E-state index is 12.2. The van der Waals surface area contributed by atoms with E-state index in [2.05, 4.69) is 5.32 Å². The van der Waals surface area contributed by atoms with Gasteiger partial charge in [-0.1, -0.05) is 6.07 Å². The molecule has 0 saturated carbocycles. The Balaban J connectivity index is 2.25. The van der Waals surface area contributed by atoms with Crippen LogP contribution in [0, 0.1) is 6.92 Å². The van der Waals surface area contributed by atoms with Gasteiger partial charge in [-0.2, -0.15) is 0 Å². The average Bonchev–Trinajstić information content (AvgIpc) is 2.74. The highest BCUT2D eigenvalue weighted by Crippen LogP contribution is 2.17. The number of carbonyl (C=O) groups is 1. The fourth-order valence-electron chi connectivity index (χ4n) is 2.19. The van der Waals surface area contributed by atoms with E-state index in [1.54, 1.807) is 13.0 Å². The normalized spacial score (nSPS) is 22.8. The quantitative estimate of drug-likeness (QED) is 0.851. The van der Waals surface area contributed by atoms with E-state index in [4.69, 9.17) is 9.88 Å². The molecular formula is C13H18N2O4S. The number of hydrogen-bond donors (Lipinski definition) is 2. The van der Waals surface area contributed by atoms with Crippen molar-refractivity contribution in [2.45, 2.75) is 37.3 Å². The van der Waals surface area contributed by atoms with Crippen LogP contribution in [0.15, 0.2) is 23.1 Å². The molecule has 1 heterocycles. The number of nitrogens with two attached hydrogens (primary N) is 1. The zero-order chi connectivity index (χ0) is 14.9. The number of rotatable bonds is 3. The molecule has 1 saturated heterocycles. The van der Waals surface area contributed by atoms with Crippen LogP contribution in [0.3, 0.4) is 0 Å². The lowest BCUT2D eigenvalue weighted by molar-refractivity contribution is 0.0865. The standard InChI is InChI=1S/C13H18N2O4S/c1-8-3-4-10(20(14,17)18)7-11(8)13(16)15-12-5-6-19-9(12)2/h3-4,7,9,12H,5-6H2,1-2H3,(H,15,16)(H2,14,17,18). The molecule has 1 aromatic carbocycles. The van der Waals surface area contributed by atoms with Crippen LogP contribution in [0.5, 0.6) is 0 Å².